The fourth-order valence-corrected chi connectivity index (χ4v) is 1.53. The fraction of sp³-hybridized carbons (Fsp3) is 0.333. The summed E-state index contributed by atoms with van der Waals surface area (Å²) in [5.74, 6) is -4.32. The Labute approximate surface area is 105 Å². The molecule has 0 radical (unpaired) electrons. The highest BCUT2D eigenvalue weighted by molar-refractivity contribution is 5.99. The highest BCUT2D eigenvalue weighted by Gasteiger charge is 2.32. The number of benzene rings is 1. The van der Waals surface area contributed by atoms with Crippen LogP contribution in [0.15, 0.2) is 18.2 Å². The molecule has 0 saturated carbocycles. The third-order valence-electron chi connectivity index (χ3n) is 2.44. The zero-order valence-corrected chi connectivity index (χ0v) is 9.79. The van der Waals surface area contributed by atoms with Gasteiger partial charge in [-0.1, -0.05) is 6.92 Å². The molecule has 0 aromatic heterocycles. The van der Waals surface area contributed by atoms with Gasteiger partial charge in [-0.2, -0.15) is 13.2 Å². The Bertz CT molecular complexity index is 508. The number of alkyl halides is 3. The summed E-state index contributed by atoms with van der Waals surface area (Å²) in [4.78, 5) is 22.1. The van der Waals surface area contributed by atoms with Gasteiger partial charge in [0.15, 0.2) is 5.78 Å². The Balaban J connectivity index is 3.10. The van der Waals surface area contributed by atoms with Crippen molar-refractivity contribution >= 4 is 11.8 Å². The van der Waals surface area contributed by atoms with Crippen LogP contribution in [0.5, 0.6) is 0 Å². The molecule has 7 heteroatoms. The normalized spacial score (nSPS) is 13.1. The second-order valence-corrected chi connectivity index (χ2v) is 4.09. The van der Waals surface area contributed by atoms with Gasteiger partial charge in [0.1, 0.15) is 5.82 Å². The number of hydrogen-bond donors (Lipinski definition) is 1. The monoisotopic (exact) mass is 278 g/mol. The largest absolute Gasteiger partial charge is 0.481 e. The van der Waals surface area contributed by atoms with E-state index in [0.717, 1.165) is 0 Å². The first kappa shape index (κ1) is 15.1. The van der Waals surface area contributed by atoms with Crippen LogP contribution < -0.4 is 0 Å². The van der Waals surface area contributed by atoms with Gasteiger partial charge in [-0.3, -0.25) is 9.59 Å². The molecule has 19 heavy (non-hydrogen) atoms. The number of hydrogen-bond acceptors (Lipinski definition) is 2. The first-order valence-corrected chi connectivity index (χ1v) is 5.25. The molecule has 1 aromatic rings. The number of carbonyl (C=O) groups excluding carboxylic acids is 1. The van der Waals surface area contributed by atoms with Crippen molar-refractivity contribution in [2.75, 3.05) is 0 Å². The summed E-state index contributed by atoms with van der Waals surface area (Å²) in [6.07, 6.45) is -5.30. The first-order valence-electron chi connectivity index (χ1n) is 5.25. The molecule has 0 bridgehead atoms. The van der Waals surface area contributed by atoms with Crippen molar-refractivity contribution in [3.05, 3.63) is 35.1 Å². The Hall–Kier alpha value is -1.92. The molecule has 1 unspecified atom stereocenters. The van der Waals surface area contributed by atoms with E-state index in [-0.39, 0.29) is 6.07 Å². The van der Waals surface area contributed by atoms with Crippen LogP contribution in [0.2, 0.25) is 0 Å². The lowest BCUT2D eigenvalue weighted by Gasteiger charge is -2.11. The van der Waals surface area contributed by atoms with Crippen molar-refractivity contribution in [2.45, 2.75) is 19.5 Å². The highest BCUT2D eigenvalue weighted by Crippen LogP contribution is 2.31. The predicted molar refractivity (Wildman–Crippen MR) is 57.1 cm³/mol. The van der Waals surface area contributed by atoms with E-state index in [9.17, 15) is 27.2 Å². The fourth-order valence-electron chi connectivity index (χ4n) is 1.53. The number of carbonyl (C=O) groups is 2. The van der Waals surface area contributed by atoms with Crippen LogP contribution in [0.3, 0.4) is 0 Å². The van der Waals surface area contributed by atoms with Gasteiger partial charge < -0.3 is 5.11 Å². The average molecular weight is 278 g/mol. The van der Waals surface area contributed by atoms with Gasteiger partial charge in [0.05, 0.1) is 12.0 Å². The van der Waals surface area contributed by atoms with Crippen molar-refractivity contribution in [3.8, 4) is 0 Å². The van der Waals surface area contributed by atoms with Crippen molar-refractivity contribution in [1.29, 1.82) is 0 Å². The van der Waals surface area contributed by atoms with E-state index in [0.29, 0.717) is 12.1 Å². The van der Waals surface area contributed by atoms with Crippen LogP contribution in [0, 0.1) is 11.7 Å². The summed E-state index contributed by atoms with van der Waals surface area (Å²) in [5.41, 5.74) is -1.76. The second kappa shape index (κ2) is 5.38. The quantitative estimate of drug-likeness (QED) is 0.680. The van der Waals surface area contributed by atoms with Gasteiger partial charge in [-0.25, -0.2) is 4.39 Å². The lowest BCUT2D eigenvalue weighted by Crippen LogP contribution is -2.17. The maximum Gasteiger partial charge on any atom is 0.416 e. The van der Waals surface area contributed by atoms with Crippen LogP contribution in [0.4, 0.5) is 17.6 Å². The first-order chi connectivity index (χ1) is 8.61. The number of aliphatic carboxylic acids is 1. The summed E-state index contributed by atoms with van der Waals surface area (Å²) in [6.45, 7) is 1.26. The third-order valence-corrected chi connectivity index (χ3v) is 2.44. The molecule has 1 aromatic carbocycles. The third kappa shape index (κ3) is 4.04. The highest BCUT2D eigenvalue weighted by atomic mass is 19.4. The van der Waals surface area contributed by atoms with Crippen molar-refractivity contribution < 1.29 is 32.3 Å². The van der Waals surface area contributed by atoms with Crippen LogP contribution in [0.25, 0.3) is 0 Å². The maximum atomic E-state index is 13.1. The topological polar surface area (TPSA) is 54.4 Å². The van der Waals surface area contributed by atoms with Crippen LogP contribution >= 0.6 is 0 Å². The van der Waals surface area contributed by atoms with Crippen molar-refractivity contribution in [1.82, 2.24) is 0 Å². The minimum atomic E-state index is -4.77. The predicted octanol–water partition coefficient (Wildman–Crippen LogP) is 3.14. The number of rotatable bonds is 4. The number of halogens is 4. The Morgan fingerprint density at radius 1 is 1.26 bits per heavy atom. The second-order valence-electron chi connectivity index (χ2n) is 4.09. The minimum absolute atomic E-state index is 0.276. The molecule has 0 saturated heterocycles. The molecule has 0 heterocycles. The zero-order valence-electron chi connectivity index (χ0n) is 9.79. The lowest BCUT2D eigenvalue weighted by molar-refractivity contribution is -0.138. The summed E-state index contributed by atoms with van der Waals surface area (Å²) in [5, 5.41) is 8.51. The minimum Gasteiger partial charge on any atom is -0.481 e. The van der Waals surface area contributed by atoms with Crippen molar-refractivity contribution in [2.24, 2.45) is 5.92 Å². The van der Waals surface area contributed by atoms with E-state index < -0.39 is 47.2 Å². The standard InChI is InChI=1S/C12H10F4O3/c1-6(2-10(17)18)11(19)7-3-8(12(14,15)16)5-9(13)4-7/h3-6H,2H2,1H3,(H,17,18). The molecule has 0 aliphatic rings. The van der Waals surface area contributed by atoms with Crippen molar-refractivity contribution in [3.63, 3.8) is 0 Å². The average Bonchev–Trinajstić information content (AvgIpc) is 2.25. The molecule has 0 aliphatic carbocycles. The van der Waals surface area contributed by atoms with Gasteiger partial charge in [0, 0.05) is 11.5 Å². The molecule has 0 fully saturated rings. The number of carboxylic acids is 1. The van der Waals surface area contributed by atoms with E-state index >= 15 is 0 Å². The summed E-state index contributed by atoms with van der Waals surface area (Å²) < 4.78 is 50.4. The van der Waals surface area contributed by atoms with Crippen LogP contribution in [0.1, 0.15) is 29.3 Å². The molecule has 1 N–H and O–H groups in total. The zero-order chi connectivity index (χ0) is 14.8. The molecular formula is C12H10F4O3. The molecule has 1 rings (SSSR count). The van der Waals surface area contributed by atoms with Crippen LogP contribution in [-0.4, -0.2) is 16.9 Å². The van der Waals surface area contributed by atoms with E-state index in [1.54, 1.807) is 0 Å². The van der Waals surface area contributed by atoms with Gasteiger partial charge >= 0.3 is 12.1 Å². The molecule has 1 atom stereocenters. The van der Waals surface area contributed by atoms with Gasteiger partial charge in [0.25, 0.3) is 0 Å². The summed E-state index contributed by atoms with van der Waals surface area (Å²) >= 11 is 0. The van der Waals surface area contributed by atoms with Gasteiger partial charge in [0.2, 0.25) is 0 Å². The van der Waals surface area contributed by atoms with Crippen LogP contribution in [-0.2, 0) is 11.0 Å². The number of ketones is 1. The Kier molecular flexibility index (Phi) is 4.28. The van der Waals surface area contributed by atoms with E-state index in [1.807, 2.05) is 0 Å². The Morgan fingerprint density at radius 3 is 2.32 bits per heavy atom. The summed E-state index contributed by atoms with van der Waals surface area (Å²) in [6, 6.07) is 1.46. The smallest absolute Gasteiger partial charge is 0.416 e. The van der Waals surface area contributed by atoms with E-state index in [1.165, 1.54) is 6.92 Å². The summed E-state index contributed by atoms with van der Waals surface area (Å²) in [7, 11) is 0. The molecule has 0 spiro atoms. The lowest BCUT2D eigenvalue weighted by atomic mass is 9.95. The Morgan fingerprint density at radius 2 is 1.84 bits per heavy atom. The number of carboxylic acid groups (broad SMARTS) is 1. The van der Waals surface area contributed by atoms with Gasteiger partial charge in [-0.05, 0) is 18.2 Å². The SMILES string of the molecule is CC(CC(=O)O)C(=O)c1cc(F)cc(C(F)(F)F)c1. The van der Waals surface area contributed by atoms with Gasteiger partial charge in [-0.15, -0.1) is 0 Å². The van der Waals surface area contributed by atoms with E-state index in [2.05, 4.69) is 0 Å². The molecule has 0 amide bonds. The molecule has 3 nitrogen and oxygen atoms in total. The molecule has 0 aliphatic heterocycles. The van der Waals surface area contributed by atoms with E-state index in [4.69, 9.17) is 5.11 Å². The molecular weight excluding hydrogens is 268 g/mol. The molecule has 104 valence electrons. The maximum absolute atomic E-state index is 13.1. The number of Topliss-reactive ketones (excluding diaryl/α,β-unsaturated/α-hetero) is 1.